The molecule has 0 aliphatic heterocycles. The monoisotopic (exact) mass is 366 g/mol. The highest BCUT2D eigenvalue weighted by atomic mass is 32.2. The highest BCUT2D eigenvalue weighted by Crippen LogP contribution is 2.25. The minimum Gasteiger partial charge on any atom is -0.351 e. The smallest absolute Gasteiger partial charge is 0.271 e. The van der Waals surface area contributed by atoms with Crippen LogP contribution in [0.5, 0.6) is 0 Å². The Labute approximate surface area is 141 Å². The lowest BCUT2D eigenvalue weighted by Crippen LogP contribution is -2.11. The lowest BCUT2D eigenvalue weighted by molar-refractivity contribution is 0.590. The van der Waals surface area contributed by atoms with E-state index in [0.29, 0.717) is 11.4 Å². The molecule has 0 bridgehead atoms. The van der Waals surface area contributed by atoms with Crippen LogP contribution in [0.2, 0.25) is 0 Å². The molecule has 24 heavy (non-hydrogen) atoms. The number of sulfonamides is 1. The molecule has 0 unspecified atom stereocenters. The SMILES string of the molecule is O=S(=O)(Nc1ccc(Nc2c(F)cccc2F)cc1)c1cccs1. The minimum atomic E-state index is -3.63. The molecular formula is C16H12F2N2O2S2. The lowest BCUT2D eigenvalue weighted by atomic mass is 10.2. The van der Waals surface area contributed by atoms with Gasteiger partial charge in [-0.1, -0.05) is 12.1 Å². The summed E-state index contributed by atoms with van der Waals surface area (Å²) >= 11 is 1.11. The summed E-state index contributed by atoms with van der Waals surface area (Å²) in [4.78, 5) is 0. The molecule has 0 saturated heterocycles. The zero-order valence-electron chi connectivity index (χ0n) is 12.2. The van der Waals surface area contributed by atoms with Crippen LogP contribution in [0.3, 0.4) is 0 Å². The fourth-order valence-corrected chi connectivity index (χ4v) is 4.06. The molecule has 3 aromatic rings. The van der Waals surface area contributed by atoms with Gasteiger partial charge >= 0.3 is 0 Å². The van der Waals surface area contributed by atoms with Crippen molar-refractivity contribution < 1.29 is 17.2 Å². The number of nitrogens with one attached hydrogen (secondary N) is 2. The van der Waals surface area contributed by atoms with Gasteiger partial charge in [0.2, 0.25) is 0 Å². The Morgan fingerprint density at radius 2 is 1.46 bits per heavy atom. The molecule has 4 nitrogen and oxygen atoms in total. The highest BCUT2D eigenvalue weighted by molar-refractivity contribution is 7.94. The first kappa shape index (κ1) is 16.4. The maximum absolute atomic E-state index is 13.6. The summed E-state index contributed by atoms with van der Waals surface area (Å²) < 4.78 is 54.1. The predicted octanol–water partition coefficient (Wildman–Crippen LogP) is 4.57. The zero-order valence-corrected chi connectivity index (χ0v) is 13.8. The molecule has 0 aliphatic carbocycles. The van der Waals surface area contributed by atoms with Gasteiger partial charge in [0, 0.05) is 11.4 Å². The van der Waals surface area contributed by atoms with Crippen molar-refractivity contribution in [3.63, 3.8) is 0 Å². The molecular weight excluding hydrogens is 354 g/mol. The maximum atomic E-state index is 13.6. The van der Waals surface area contributed by atoms with Gasteiger partial charge in [0.05, 0.1) is 0 Å². The van der Waals surface area contributed by atoms with Gasteiger partial charge in [0.1, 0.15) is 21.5 Å². The first-order valence-electron chi connectivity index (χ1n) is 6.83. The average Bonchev–Trinajstić information content (AvgIpc) is 3.08. The van der Waals surface area contributed by atoms with Crippen LogP contribution in [0.4, 0.5) is 25.8 Å². The molecule has 8 heteroatoms. The number of anilines is 3. The van der Waals surface area contributed by atoms with Gasteiger partial charge in [-0.25, -0.2) is 17.2 Å². The third kappa shape index (κ3) is 3.55. The molecule has 1 heterocycles. The van der Waals surface area contributed by atoms with Crippen LogP contribution in [-0.2, 0) is 10.0 Å². The quantitative estimate of drug-likeness (QED) is 0.695. The second kappa shape index (κ2) is 6.58. The zero-order chi connectivity index (χ0) is 17.2. The van der Waals surface area contributed by atoms with Crippen molar-refractivity contribution in [1.29, 1.82) is 0 Å². The molecule has 1 aromatic heterocycles. The van der Waals surface area contributed by atoms with E-state index in [1.807, 2.05) is 0 Å². The fraction of sp³-hybridized carbons (Fsp3) is 0. The predicted molar refractivity (Wildman–Crippen MR) is 91.2 cm³/mol. The molecule has 0 spiro atoms. The fourth-order valence-electron chi connectivity index (χ4n) is 2.01. The third-order valence-electron chi connectivity index (χ3n) is 3.13. The summed E-state index contributed by atoms with van der Waals surface area (Å²) in [7, 11) is -3.63. The third-order valence-corrected chi connectivity index (χ3v) is 5.91. The summed E-state index contributed by atoms with van der Waals surface area (Å²) in [6, 6.07) is 12.8. The molecule has 0 aliphatic rings. The second-order valence-electron chi connectivity index (χ2n) is 4.84. The Kier molecular flexibility index (Phi) is 4.50. The topological polar surface area (TPSA) is 58.2 Å². The van der Waals surface area contributed by atoms with E-state index >= 15 is 0 Å². The number of hydrogen-bond donors (Lipinski definition) is 2. The van der Waals surface area contributed by atoms with Crippen LogP contribution in [0.15, 0.2) is 64.2 Å². The molecule has 2 aromatic carbocycles. The summed E-state index contributed by atoms with van der Waals surface area (Å²) in [5, 5.41) is 4.30. The van der Waals surface area contributed by atoms with Gasteiger partial charge in [-0.15, -0.1) is 11.3 Å². The minimum absolute atomic E-state index is 0.207. The number of thiophene rings is 1. The van der Waals surface area contributed by atoms with Crippen LogP contribution < -0.4 is 10.0 Å². The Bertz CT molecular complexity index is 920. The van der Waals surface area contributed by atoms with Crippen molar-refractivity contribution in [1.82, 2.24) is 0 Å². The van der Waals surface area contributed by atoms with Gasteiger partial charge in [0.15, 0.2) is 0 Å². The van der Waals surface area contributed by atoms with Crippen molar-refractivity contribution in [3.05, 3.63) is 71.6 Å². The summed E-state index contributed by atoms with van der Waals surface area (Å²) in [6.07, 6.45) is 0. The Balaban J connectivity index is 1.77. The van der Waals surface area contributed by atoms with Crippen LogP contribution >= 0.6 is 11.3 Å². The summed E-state index contributed by atoms with van der Waals surface area (Å²) in [5.74, 6) is -1.42. The van der Waals surface area contributed by atoms with Gasteiger partial charge in [0.25, 0.3) is 10.0 Å². The van der Waals surface area contributed by atoms with E-state index in [2.05, 4.69) is 10.0 Å². The molecule has 0 fully saturated rings. The standard InChI is InChI=1S/C16H12F2N2O2S2/c17-13-3-1-4-14(18)16(13)19-11-6-8-12(9-7-11)20-24(21,22)15-5-2-10-23-15/h1-10,19-20H. The molecule has 3 rings (SSSR count). The van der Waals surface area contributed by atoms with Gasteiger partial charge in [-0.05, 0) is 47.8 Å². The van der Waals surface area contributed by atoms with Crippen molar-refractivity contribution in [2.75, 3.05) is 10.0 Å². The van der Waals surface area contributed by atoms with Crippen molar-refractivity contribution in [2.24, 2.45) is 0 Å². The van der Waals surface area contributed by atoms with Crippen molar-refractivity contribution >= 4 is 38.4 Å². The number of halogens is 2. The Morgan fingerprint density at radius 3 is 2.04 bits per heavy atom. The van der Waals surface area contributed by atoms with E-state index in [4.69, 9.17) is 0 Å². The second-order valence-corrected chi connectivity index (χ2v) is 7.69. The van der Waals surface area contributed by atoms with Gasteiger partial charge in [-0.3, -0.25) is 4.72 Å². The highest BCUT2D eigenvalue weighted by Gasteiger charge is 2.15. The first-order valence-corrected chi connectivity index (χ1v) is 9.19. The Morgan fingerprint density at radius 1 is 0.833 bits per heavy atom. The van der Waals surface area contributed by atoms with Crippen LogP contribution in [0.1, 0.15) is 0 Å². The van der Waals surface area contributed by atoms with Crippen molar-refractivity contribution in [3.8, 4) is 0 Å². The number of para-hydroxylation sites is 1. The molecule has 124 valence electrons. The number of benzene rings is 2. The first-order chi connectivity index (χ1) is 11.5. The molecule has 2 N–H and O–H groups in total. The van der Waals surface area contributed by atoms with Gasteiger partial charge < -0.3 is 5.32 Å². The van der Waals surface area contributed by atoms with E-state index in [0.717, 1.165) is 23.5 Å². The summed E-state index contributed by atoms with van der Waals surface area (Å²) in [6.45, 7) is 0. The van der Waals surface area contributed by atoms with Crippen LogP contribution in [0.25, 0.3) is 0 Å². The molecule has 0 saturated carbocycles. The van der Waals surface area contributed by atoms with E-state index in [1.165, 1.54) is 36.4 Å². The lowest BCUT2D eigenvalue weighted by Gasteiger charge is -2.10. The molecule has 0 radical (unpaired) electrons. The number of hydrogen-bond acceptors (Lipinski definition) is 4. The molecule has 0 atom stereocenters. The average molecular weight is 366 g/mol. The van der Waals surface area contributed by atoms with E-state index in [9.17, 15) is 17.2 Å². The van der Waals surface area contributed by atoms with Crippen LogP contribution in [-0.4, -0.2) is 8.42 Å². The maximum Gasteiger partial charge on any atom is 0.271 e. The normalized spacial score (nSPS) is 11.2. The number of rotatable bonds is 5. The van der Waals surface area contributed by atoms with E-state index < -0.39 is 21.7 Å². The molecule has 0 amide bonds. The van der Waals surface area contributed by atoms with E-state index in [-0.39, 0.29) is 9.90 Å². The van der Waals surface area contributed by atoms with Crippen molar-refractivity contribution in [2.45, 2.75) is 4.21 Å². The van der Waals surface area contributed by atoms with Gasteiger partial charge in [-0.2, -0.15) is 0 Å². The largest absolute Gasteiger partial charge is 0.351 e. The van der Waals surface area contributed by atoms with E-state index in [1.54, 1.807) is 11.4 Å². The van der Waals surface area contributed by atoms with Crippen LogP contribution in [0, 0.1) is 11.6 Å². The Hall–Kier alpha value is -2.45. The summed E-state index contributed by atoms with van der Waals surface area (Å²) in [5.41, 5.74) is 0.519.